The average Bonchev–Trinajstić information content (AvgIpc) is 1.55. The van der Waals surface area contributed by atoms with E-state index in [1.807, 2.05) is 36.4 Å². The summed E-state index contributed by atoms with van der Waals surface area (Å²) in [5.74, 6) is 1.93. The Kier molecular flexibility index (Phi) is 13.9. The van der Waals surface area contributed by atoms with Crippen LogP contribution in [0.2, 0.25) is 0 Å². The summed E-state index contributed by atoms with van der Waals surface area (Å²) < 4.78 is 14.2. The first kappa shape index (κ1) is 63.3. The zero-order valence-corrected chi connectivity index (χ0v) is 61.3. The van der Waals surface area contributed by atoms with E-state index in [0.717, 1.165) is 176 Å². The molecule has 0 spiro atoms. The largest absolute Gasteiger partial charge is 0.338 e. The molecule has 0 radical (unpaired) electrons. The lowest BCUT2D eigenvalue weighted by Gasteiger charge is -2.20. The minimum Gasteiger partial charge on any atom is -0.309 e. The summed E-state index contributed by atoms with van der Waals surface area (Å²) in [6, 6.07) is 122. The first-order chi connectivity index (χ1) is 55.3. The molecule has 0 fully saturated rings. The Labute approximate surface area is 642 Å². The minimum atomic E-state index is -0.782. The quantitative estimate of drug-likeness (QED) is 0.119. The fraction of sp³-hybridized carbons (Fsp3) is 0.0303. The van der Waals surface area contributed by atoms with Crippen LogP contribution in [0.4, 0.5) is 0 Å². The van der Waals surface area contributed by atoms with E-state index in [9.17, 15) is 0 Å². The first-order valence-corrected chi connectivity index (χ1v) is 38.1. The number of rotatable bonds is 11. The second kappa shape index (κ2) is 24.6. The van der Waals surface area contributed by atoms with Crippen molar-refractivity contribution in [3.8, 4) is 57.4 Å². The molecule has 524 valence electrons. The summed E-state index contributed by atoms with van der Waals surface area (Å²) in [4.78, 5) is 34.7. The van der Waals surface area contributed by atoms with Gasteiger partial charge in [-0.25, -0.2) is 19.9 Å². The SMILES string of the molecule is Cc1cc(C)c(B(c2nc(-c3ccccc3)nc(-n3c4ccccc4c4cc5c6ccccc6n(-c6cccc7c6c6ccccc6n7-c6ccccc6)c5cc43)n2)c2nc(-c3ccccc3)nc(-n3c4ccccc4c4cc5c6ccccc6n(-c6cccc7c6c6ccccc6n7-c6ccccc6)c5cc43)n2)c(C)c1. The third-order valence-electron chi connectivity index (χ3n) is 23.1. The predicted molar refractivity (Wildman–Crippen MR) is 462 cm³/mol. The van der Waals surface area contributed by atoms with E-state index in [1.54, 1.807) is 0 Å². The first-order valence-electron chi connectivity index (χ1n) is 38.1. The zero-order chi connectivity index (χ0) is 74.0. The number of para-hydroxylation sites is 8. The Morgan fingerprint density at radius 2 is 0.527 bits per heavy atom. The molecule has 0 aliphatic rings. The third kappa shape index (κ3) is 9.43. The zero-order valence-electron chi connectivity index (χ0n) is 61.3. The predicted octanol–water partition coefficient (Wildman–Crippen LogP) is 21.4. The number of hydrogen-bond donors (Lipinski definition) is 0. The molecule has 0 bridgehead atoms. The molecule has 0 saturated heterocycles. The fourth-order valence-electron chi connectivity index (χ4n) is 18.6. The molecule has 0 saturated carbocycles. The summed E-state index contributed by atoms with van der Waals surface area (Å²) in [6.45, 7) is 5.76. The second-order valence-electron chi connectivity index (χ2n) is 29.5. The van der Waals surface area contributed by atoms with Gasteiger partial charge in [0.1, 0.15) is 11.4 Å². The smallest absolute Gasteiger partial charge is 0.309 e. The lowest BCUT2D eigenvalue weighted by molar-refractivity contribution is 0.959. The minimum absolute atomic E-state index is 0.456. The van der Waals surface area contributed by atoms with Gasteiger partial charge in [0, 0.05) is 87.1 Å². The lowest BCUT2D eigenvalue weighted by atomic mass is 9.41. The molecule has 8 aromatic heterocycles. The van der Waals surface area contributed by atoms with Gasteiger partial charge in [0.15, 0.2) is 11.6 Å². The Bertz CT molecular complexity index is 7400. The van der Waals surface area contributed by atoms with Crippen molar-refractivity contribution in [2.24, 2.45) is 0 Å². The second-order valence-corrected chi connectivity index (χ2v) is 29.5. The maximum absolute atomic E-state index is 5.94. The number of aromatic nitrogens is 12. The van der Waals surface area contributed by atoms with Crippen LogP contribution in [-0.4, -0.2) is 64.0 Å². The van der Waals surface area contributed by atoms with Crippen LogP contribution in [0.15, 0.2) is 340 Å². The standard InChI is InChI=1S/C99H65BN12/c1-60-54-61(2)93(62(3)55-60)100(96-101-94(63-30-8-4-9-31-63)103-98(105-96)111-79-46-24-18-40-69(79)75-56-73-67-38-16-22-44-77(67)109(87(73)58-89(75)111)85-52-28-50-83-91(85)71-42-20-26-48-81(71)107(83)65-34-12-6-13-35-65)97-102-95(64-32-10-5-11-33-64)104-99(106-97)112-80-47-25-19-41-70(80)76-57-74-68-39-17-23-45-78(68)110(88(74)59-90(76)112)86-53-29-51-84-92(86)72-43-21-27-49-82(72)108(84)66-36-14-7-15-37-66/h4-59H,1-3H3. The number of fused-ring (bicyclic) bond motifs is 18. The lowest BCUT2D eigenvalue weighted by Crippen LogP contribution is -2.59. The highest BCUT2D eigenvalue weighted by Crippen LogP contribution is 2.46. The van der Waals surface area contributed by atoms with Gasteiger partial charge in [-0.05, 0) is 130 Å². The molecule has 0 aliphatic heterocycles. The van der Waals surface area contributed by atoms with E-state index < -0.39 is 6.71 Å². The average molecular weight is 1430 g/mol. The maximum Gasteiger partial charge on any atom is 0.338 e. The van der Waals surface area contributed by atoms with Gasteiger partial charge in [-0.1, -0.05) is 253 Å². The Balaban J connectivity index is 0.786. The van der Waals surface area contributed by atoms with Crippen LogP contribution in [0, 0.1) is 20.8 Å². The molecule has 15 aromatic carbocycles. The van der Waals surface area contributed by atoms with Crippen LogP contribution < -0.4 is 16.9 Å². The van der Waals surface area contributed by atoms with Gasteiger partial charge >= 0.3 is 6.71 Å². The third-order valence-corrected chi connectivity index (χ3v) is 23.1. The molecule has 12 nitrogen and oxygen atoms in total. The monoisotopic (exact) mass is 1430 g/mol. The van der Waals surface area contributed by atoms with Crippen molar-refractivity contribution in [1.29, 1.82) is 0 Å². The Morgan fingerprint density at radius 1 is 0.223 bits per heavy atom. The van der Waals surface area contributed by atoms with E-state index in [-0.39, 0.29) is 0 Å². The normalized spacial score (nSPS) is 12.1. The van der Waals surface area contributed by atoms with Crippen LogP contribution in [0.3, 0.4) is 0 Å². The molecule has 23 aromatic rings. The van der Waals surface area contributed by atoms with Crippen LogP contribution >= 0.6 is 0 Å². The topological polar surface area (TPSA) is 107 Å². The van der Waals surface area contributed by atoms with Crippen LogP contribution in [-0.2, 0) is 0 Å². The molecule has 0 unspecified atom stereocenters. The van der Waals surface area contributed by atoms with Gasteiger partial charge < -0.3 is 18.3 Å². The van der Waals surface area contributed by atoms with Crippen LogP contribution in [0.5, 0.6) is 0 Å². The van der Waals surface area contributed by atoms with Gasteiger partial charge in [-0.3, -0.25) is 9.13 Å². The molecule has 112 heavy (non-hydrogen) atoms. The van der Waals surface area contributed by atoms with Crippen molar-refractivity contribution < 1.29 is 0 Å². The van der Waals surface area contributed by atoms with Gasteiger partial charge in [0.25, 0.3) is 0 Å². The van der Waals surface area contributed by atoms with Crippen molar-refractivity contribution in [2.45, 2.75) is 20.8 Å². The number of benzene rings is 15. The van der Waals surface area contributed by atoms with Crippen molar-refractivity contribution in [1.82, 2.24) is 57.3 Å². The fourth-order valence-corrected chi connectivity index (χ4v) is 18.6. The van der Waals surface area contributed by atoms with Crippen LogP contribution in [0.1, 0.15) is 16.7 Å². The molecule has 0 aliphatic carbocycles. The van der Waals surface area contributed by atoms with Gasteiger partial charge in [-0.15, -0.1) is 0 Å². The summed E-state index contributed by atoms with van der Waals surface area (Å²) in [7, 11) is 0. The summed E-state index contributed by atoms with van der Waals surface area (Å²) in [6.07, 6.45) is 0. The number of hydrogen-bond acceptors (Lipinski definition) is 6. The molecular weight excluding hydrogens is 1370 g/mol. The number of nitrogens with zero attached hydrogens (tertiary/aromatic N) is 12. The van der Waals surface area contributed by atoms with Crippen LogP contribution in [0.25, 0.3) is 188 Å². The molecule has 13 heteroatoms. The van der Waals surface area contributed by atoms with E-state index >= 15 is 0 Å². The molecular formula is C99H65BN12. The molecule has 23 rings (SSSR count). The highest BCUT2D eigenvalue weighted by Gasteiger charge is 2.36. The van der Waals surface area contributed by atoms with Crippen molar-refractivity contribution >= 4 is 154 Å². The van der Waals surface area contributed by atoms with Gasteiger partial charge in [-0.2, -0.15) is 9.97 Å². The van der Waals surface area contributed by atoms with E-state index in [0.29, 0.717) is 35.0 Å². The molecule has 8 heterocycles. The molecule has 0 atom stereocenters. The Morgan fingerprint density at radius 3 is 0.902 bits per heavy atom. The van der Waals surface area contributed by atoms with Crippen molar-refractivity contribution in [3.63, 3.8) is 0 Å². The van der Waals surface area contributed by atoms with Crippen molar-refractivity contribution in [2.75, 3.05) is 0 Å². The van der Waals surface area contributed by atoms with Crippen molar-refractivity contribution in [3.05, 3.63) is 356 Å². The van der Waals surface area contributed by atoms with E-state index in [2.05, 4.69) is 351 Å². The van der Waals surface area contributed by atoms with Gasteiger partial charge in [0.05, 0.1) is 77.6 Å². The summed E-state index contributed by atoms with van der Waals surface area (Å²) >= 11 is 0. The molecule has 0 N–H and O–H groups in total. The molecule has 0 amide bonds. The Hall–Kier alpha value is -14.8. The summed E-state index contributed by atoms with van der Waals surface area (Å²) in [5, 5.41) is 13.5. The van der Waals surface area contributed by atoms with Gasteiger partial charge in [0.2, 0.25) is 11.9 Å². The number of aryl methyl sites for hydroxylation is 3. The van der Waals surface area contributed by atoms with E-state index in [4.69, 9.17) is 29.9 Å². The van der Waals surface area contributed by atoms with E-state index in [1.165, 1.54) is 10.8 Å². The summed E-state index contributed by atoms with van der Waals surface area (Å²) in [5.41, 5.74) is 23.9. The highest BCUT2D eigenvalue weighted by molar-refractivity contribution is 6.94. The highest BCUT2D eigenvalue weighted by atomic mass is 15.2. The maximum atomic E-state index is 5.94.